The third-order valence-electron chi connectivity index (χ3n) is 7.46. The van der Waals surface area contributed by atoms with E-state index in [2.05, 4.69) is 107 Å². The number of amides is 1. The lowest BCUT2D eigenvalue weighted by atomic mass is 9.78. The Hall–Kier alpha value is -4.11. The highest BCUT2D eigenvalue weighted by molar-refractivity contribution is 7.99. The minimum Gasteiger partial charge on any atom is -0.507 e. The summed E-state index contributed by atoms with van der Waals surface area (Å²) in [6.45, 7) is 18.9. The molecule has 9 heteroatoms. The molecule has 0 spiro atoms. The van der Waals surface area contributed by atoms with Gasteiger partial charge in [-0.15, -0.1) is 10.2 Å². The van der Waals surface area contributed by atoms with Crippen molar-refractivity contribution in [3.63, 3.8) is 0 Å². The number of nitrogens with one attached hydrogen (secondary N) is 1. The molecule has 0 aliphatic rings. The molecule has 1 amide bonds. The van der Waals surface area contributed by atoms with Crippen LogP contribution in [0.2, 0.25) is 0 Å². The van der Waals surface area contributed by atoms with Gasteiger partial charge in [0.2, 0.25) is 0 Å². The molecule has 0 atom stereocenters. The van der Waals surface area contributed by atoms with Gasteiger partial charge in [0, 0.05) is 22.4 Å². The summed E-state index contributed by atoms with van der Waals surface area (Å²) in [6, 6.07) is 19.8. The van der Waals surface area contributed by atoms with E-state index in [-0.39, 0.29) is 27.9 Å². The number of thioether (sulfide) groups is 1. The fraction of sp³-hybridized carbons (Fsp3) is 0.389. The van der Waals surface area contributed by atoms with Crippen LogP contribution in [-0.2, 0) is 21.0 Å². The van der Waals surface area contributed by atoms with Crippen molar-refractivity contribution < 1.29 is 14.6 Å². The summed E-state index contributed by atoms with van der Waals surface area (Å²) in [6.07, 6.45) is 1.62. The summed E-state index contributed by atoms with van der Waals surface area (Å²) >= 11 is 1.28. The quantitative estimate of drug-likeness (QED) is 0.118. The number of phenols is 1. The summed E-state index contributed by atoms with van der Waals surface area (Å²) in [5, 5.41) is 24.8. The van der Waals surface area contributed by atoms with Crippen LogP contribution in [0.15, 0.2) is 70.9 Å². The van der Waals surface area contributed by atoms with Crippen LogP contribution in [0.1, 0.15) is 84.6 Å². The Balaban J connectivity index is 1.55. The van der Waals surface area contributed by atoms with E-state index >= 15 is 0 Å². The van der Waals surface area contributed by atoms with Crippen molar-refractivity contribution in [1.82, 2.24) is 20.2 Å². The van der Waals surface area contributed by atoms with Crippen LogP contribution in [0.25, 0.3) is 17.1 Å². The Morgan fingerprint density at radius 2 is 1.47 bits per heavy atom. The van der Waals surface area contributed by atoms with Crippen LogP contribution in [0.3, 0.4) is 0 Å². The van der Waals surface area contributed by atoms with E-state index in [1.54, 1.807) is 13.3 Å². The lowest BCUT2D eigenvalue weighted by Crippen LogP contribution is -2.20. The summed E-state index contributed by atoms with van der Waals surface area (Å²) in [7, 11) is 1.63. The first kappa shape index (κ1) is 33.8. The van der Waals surface area contributed by atoms with Crippen molar-refractivity contribution in [2.24, 2.45) is 5.10 Å². The highest BCUT2D eigenvalue weighted by atomic mass is 32.2. The largest absolute Gasteiger partial charge is 0.507 e. The number of aromatic hydroxyl groups is 1. The molecule has 0 aliphatic carbocycles. The van der Waals surface area contributed by atoms with Crippen LogP contribution in [-0.4, -0.2) is 44.9 Å². The number of nitrogens with zero attached hydrogens (tertiary/aromatic N) is 4. The average Bonchev–Trinajstić information content (AvgIpc) is 3.39. The first-order chi connectivity index (χ1) is 21.0. The molecule has 45 heavy (non-hydrogen) atoms. The molecule has 238 valence electrons. The number of rotatable bonds is 8. The second kappa shape index (κ2) is 13.1. The maximum atomic E-state index is 12.9. The van der Waals surface area contributed by atoms with Crippen LogP contribution < -0.4 is 10.2 Å². The molecule has 8 nitrogen and oxygen atoms in total. The molecule has 1 heterocycles. The van der Waals surface area contributed by atoms with Gasteiger partial charge >= 0.3 is 0 Å². The predicted octanol–water partition coefficient (Wildman–Crippen LogP) is 7.78. The smallest absolute Gasteiger partial charge is 0.250 e. The molecule has 0 saturated carbocycles. The zero-order chi connectivity index (χ0) is 33.2. The molecule has 0 saturated heterocycles. The first-order valence-electron chi connectivity index (χ1n) is 15.0. The molecule has 0 unspecified atom stereocenters. The number of hydrogen-bond acceptors (Lipinski definition) is 7. The Kier molecular flexibility index (Phi) is 9.82. The molecule has 4 aromatic rings. The van der Waals surface area contributed by atoms with Gasteiger partial charge in [0.05, 0.1) is 19.1 Å². The number of aromatic nitrogens is 3. The molecule has 3 aromatic carbocycles. The standard InChI is InChI=1S/C36H45N5O3S/c1-34(2,3)25-13-11-24(12-14-25)32-39-40-33(41(32)26-15-17-27(44-10)18-16-26)45-22-30(42)38-37-21-23-19-28(35(4,5)6)31(43)29(20-23)36(7,8)9/h11-21,43H,22H2,1-10H3,(H,38,42)/b37-21-. The Bertz CT molecular complexity index is 1640. The minimum absolute atomic E-state index is 0.0328. The van der Waals surface area contributed by atoms with Crippen molar-refractivity contribution in [2.45, 2.75) is 83.7 Å². The molecular formula is C36H45N5O3S. The number of carbonyl (C=O) groups excluding carboxylic acids is 1. The van der Waals surface area contributed by atoms with Crippen molar-refractivity contribution in [3.05, 3.63) is 82.9 Å². The summed E-state index contributed by atoms with van der Waals surface area (Å²) in [4.78, 5) is 12.9. The van der Waals surface area contributed by atoms with Crippen LogP contribution in [0.5, 0.6) is 11.5 Å². The number of ether oxygens (including phenoxy) is 1. The van der Waals surface area contributed by atoms with Gasteiger partial charge in [-0.2, -0.15) is 5.10 Å². The second-order valence-corrected chi connectivity index (χ2v) is 15.2. The van der Waals surface area contributed by atoms with E-state index in [1.807, 2.05) is 41.0 Å². The van der Waals surface area contributed by atoms with E-state index in [4.69, 9.17) is 4.74 Å². The number of hydrogen-bond donors (Lipinski definition) is 2. The molecule has 0 radical (unpaired) electrons. The number of benzene rings is 3. The van der Waals surface area contributed by atoms with E-state index < -0.39 is 0 Å². The molecule has 4 rings (SSSR count). The predicted molar refractivity (Wildman–Crippen MR) is 184 cm³/mol. The van der Waals surface area contributed by atoms with Crippen molar-refractivity contribution in [1.29, 1.82) is 0 Å². The highest BCUT2D eigenvalue weighted by Gasteiger charge is 2.26. The molecule has 0 aliphatic heterocycles. The van der Waals surface area contributed by atoms with Gasteiger partial charge in [-0.05, 0) is 63.8 Å². The first-order valence-corrected chi connectivity index (χ1v) is 16.0. The van der Waals surface area contributed by atoms with Gasteiger partial charge in [-0.1, -0.05) is 98.3 Å². The van der Waals surface area contributed by atoms with Gasteiger partial charge < -0.3 is 9.84 Å². The fourth-order valence-electron chi connectivity index (χ4n) is 4.85. The molecule has 2 N–H and O–H groups in total. The topological polar surface area (TPSA) is 102 Å². The van der Waals surface area contributed by atoms with Gasteiger partial charge in [0.1, 0.15) is 11.5 Å². The van der Waals surface area contributed by atoms with Crippen LogP contribution in [0.4, 0.5) is 0 Å². The normalized spacial score (nSPS) is 12.5. The zero-order valence-corrected chi connectivity index (χ0v) is 28.8. The third-order valence-corrected chi connectivity index (χ3v) is 8.39. The molecule has 0 bridgehead atoms. The lowest BCUT2D eigenvalue weighted by Gasteiger charge is -2.27. The van der Waals surface area contributed by atoms with Gasteiger partial charge in [-0.25, -0.2) is 5.43 Å². The van der Waals surface area contributed by atoms with Crippen LogP contribution in [0, 0.1) is 0 Å². The van der Waals surface area contributed by atoms with E-state index in [0.717, 1.165) is 33.7 Å². The molecule has 0 fully saturated rings. The number of phenolic OH excluding ortho intramolecular Hbond substituents is 1. The van der Waals surface area contributed by atoms with Gasteiger partial charge in [0.15, 0.2) is 11.0 Å². The molecule has 1 aromatic heterocycles. The highest BCUT2D eigenvalue weighted by Crippen LogP contribution is 2.39. The number of hydrazone groups is 1. The lowest BCUT2D eigenvalue weighted by molar-refractivity contribution is -0.118. The minimum atomic E-state index is -0.275. The molecular weight excluding hydrogens is 582 g/mol. The fourth-order valence-corrected chi connectivity index (χ4v) is 5.59. The van der Waals surface area contributed by atoms with E-state index in [9.17, 15) is 9.90 Å². The zero-order valence-electron chi connectivity index (χ0n) is 28.0. The summed E-state index contributed by atoms with van der Waals surface area (Å²) < 4.78 is 7.30. The SMILES string of the molecule is COc1ccc(-n2c(SCC(=O)N/N=C\c3cc(C(C)(C)C)c(O)c(C(C)(C)C)c3)nnc2-c2ccc(C(C)(C)C)cc2)cc1. The van der Waals surface area contributed by atoms with Crippen molar-refractivity contribution >= 4 is 23.9 Å². The van der Waals surface area contributed by atoms with E-state index in [1.165, 1.54) is 17.3 Å². The maximum absolute atomic E-state index is 12.9. The average molecular weight is 628 g/mol. The van der Waals surface area contributed by atoms with Gasteiger partial charge in [-0.3, -0.25) is 9.36 Å². The Morgan fingerprint density at radius 3 is 1.98 bits per heavy atom. The summed E-state index contributed by atoms with van der Waals surface area (Å²) in [5.74, 6) is 1.54. The Morgan fingerprint density at radius 1 is 0.889 bits per heavy atom. The van der Waals surface area contributed by atoms with Crippen molar-refractivity contribution in [2.75, 3.05) is 12.9 Å². The van der Waals surface area contributed by atoms with E-state index in [0.29, 0.717) is 16.7 Å². The third kappa shape index (κ3) is 8.14. The maximum Gasteiger partial charge on any atom is 0.250 e. The Labute approximate surface area is 271 Å². The number of carbonyl (C=O) groups is 1. The second-order valence-electron chi connectivity index (χ2n) is 14.2. The summed E-state index contributed by atoms with van der Waals surface area (Å²) in [5.41, 5.74) is 7.62. The van der Waals surface area contributed by atoms with Crippen LogP contribution >= 0.6 is 11.8 Å². The van der Waals surface area contributed by atoms with Crippen molar-refractivity contribution in [3.8, 4) is 28.6 Å². The monoisotopic (exact) mass is 627 g/mol. The van der Waals surface area contributed by atoms with Gasteiger partial charge in [0.25, 0.3) is 5.91 Å². The number of methoxy groups -OCH3 is 1.